The topological polar surface area (TPSA) is 117 Å². The van der Waals surface area contributed by atoms with Crippen LogP contribution < -0.4 is 9.75 Å². The lowest BCUT2D eigenvalue weighted by Crippen LogP contribution is -2.59. The highest BCUT2D eigenvalue weighted by atomic mass is 35.5. The quantitative estimate of drug-likeness (QED) is 0.160. The summed E-state index contributed by atoms with van der Waals surface area (Å²) < 4.78 is 46.9. The van der Waals surface area contributed by atoms with E-state index in [4.69, 9.17) is 16.3 Å². The fourth-order valence-corrected chi connectivity index (χ4v) is 9.61. The summed E-state index contributed by atoms with van der Waals surface area (Å²) in [6.45, 7) is 0. The number of Topliss-reactive ketones (excluding diaryl/α,β-unsaturated/α-hetero) is 1. The zero-order valence-electron chi connectivity index (χ0n) is 29.5. The Labute approximate surface area is 318 Å². The van der Waals surface area contributed by atoms with Crippen LogP contribution in [0.15, 0.2) is 109 Å². The van der Waals surface area contributed by atoms with Crippen LogP contribution in [0.2, 0.25) is 5.02 Å². The zero-order chi connectivity index (χ0) is 39.0. The van der Waals surface area contributed by atoms with Gasteiger partial charge in [-0.3, -0.25) is 24.2 Å². The minimum Gasteiger partial charge on any atom is -0.508 e. The lowest BCUT2D eigenvalue weighted by atomic mass is 9.44. The Balaban J connectivity index is 1.33. The molecule has 3 aromatic carbocycles. The summed E-state index contributed by atoms with van der Waals surface area (Å²) in [5.74, 6) is -7.49. The van der Waals surface area contributed by atoms with Crippen molar-refractivity contribution < 1.29 is 42.2 Å². The number of pyridine rings is 1. The smallest absolute Gasteiger partial charge is 0.433 e. The van der Waals surface area contributed by atoms with Crippen LogP contribution in [0.1, 0.15) is 41.1 Å². The monoisotopic (exact) mass is 767 g/mol. The Bertz CT molecular complexity index is 2330. The highest BCUT2D eigenvalue weighted by Crippen LogP contribution is 2.65. The molecule has 8 rings (SSSR count). The summed E-state index contributed by atoms with van der Waals surface area (Å²) in [6, 6.07) is 24.1. The second-order valence-electron chi connectivity index (χ2n) is 14.2. The number of phenolic OH excluding ortho intramolecular Hbond substituents is 1. The van der Waals surface area contributed by atoms with E-state index in [0.717, 1.165) is 16.1 Å². The molecule has 3 aliphatic carbocycles. The van der Waals surface area contributed by atoms with Gasteiger partial charge >= 0.3 is 6.18 Å². The van der Waals surface area contributed by atoms with Gasteiger partial charge in [-0.15, -0.1) is 0 Å². The first-order valence-electron chi connectivity index (χ1n) is 17.6. The molecular formula is C42H33ClF3N3O6. The van der Waals surface area contributed by atoms with Gasteiger partial charge in [-0.1, -0.05) is 90.0 Å². The molecule has 4 aromatic rings. The van der Waals surface area contributed by atoms with E-state index in [2.05, 4.69) is 4.98 Å². The third-order valence-electron chi connectivity index (χ3n) is 11.6. The van der Waals surface area contributed by atoms with Crippen molar-refractivity contribution in [3.63, 3.8) is 0 Å². The number of methoxy groups -OCH3 is 1. The van der Waals surface area contributed by atoms with Gasteiger partial charge in [0, 0.05) is 30.0 Å². The predicted octanol–water partition coefficient (Wildman–Crippen LogP) is 7.34. The highest BCUT2D eigenvalue weighted by molar-refractivity contribution is 6.33. The number of aromatic hydroxyl groups is 1. The average Bonchev–Trinajstić information content (AvgIpc) is 3.44. The van der Waals surface area contributed by atoms with E-state index in [-0.39, 0.29) is 52.1 Å². The van der Waals surface area contributed by atoms with Crippen LogP contribution in [0.4, 0.5) is 19.0 Å². The number of allylic oxidation sites excluding steroid dienone is 4. The van der Waals surface area contributed by atoms with E-state index in [1.165, 1.54) is 26.3 Å². The van der Waals surface area contributed by atoms with Crippen molar-refractivity contribution in [3.05, 3.63) is 136 Å². The highest BCUT2D eigenvalue weighted by Gasteiger charge is 2.67. The molecule has 2 fully saturated rings. The van der Waals surface area contributed by atoms with Crippen LogP contribution >= 0.6 is 11.6 Å². The molecule has 1 aliphatic heterocycles. The average molecular weight is 768 g/mol. The Morgan fingerprint density at radius 1 is 0.909 bits per heavy atom. The fraction of sp³-hybridized carbons (Fsp3) is 0.262. The van der Waals surface area contributed by atoms with E-state index < -0.39 is 64.5 Å². The predicted molar refractivity (Wildman–Crippen MR) is 196 cm³/mol. The molecule has 6 unspecified atom stereocenters. The Morgan fingerprint density at radius 3 is 2.27 bits per heavy atom. The first-order chi connectivity index (χ1) is 26.3. The number of hydrogen-bond acceptors (Lipinski definition) is 8. The SMILES string of the molecule is COc1cccc(O)c1C1C2=CCC3C(=O)N(N(C)c4nc(C(F)(F)F)ccc4Cl)C(=O)C3C2CC2C(=O)C(c3ccccc3)=CC(=O)C21c1ccccc1. The van der Waals surface area contributed by atoms with Crippen molar-refractivity contribution in [2.45, 2.75) is 30.4 Å². The Kier molecular flexibility index (Phi) is 8.71. The molecule has 13 heteroatoms. The maximum absolute atomic E-state index is 15.2. The third kappa shape index (κ3) is 5.40. The molecule has 0 spiro atoms. The summed E-state index contributed by atoms with van der Waals surface area (Å²) in [6.07, 6.45) is -1.64. The maximum atomic E-state index is 15.2. The summed E-state index contributed by atoms with van der Waals surface area (Å²) in [7, 11) is 2.67. The summed E-state index contributed by atoms with van der Waals surface area (Å²) in [4.78, 5) is 62.9. The molecule has 6 atom stereocenters. The third-order valence-corrected chi connectivity index (χ3v) is 11.9. The molecule has 1 saturated carbocycles. The molecule has 55 heavy (non-hydrogen) atoms. The normalized spacial score (nSPS) is 26.1. The van der Waals surface area contributed by atoms with E-state index in [9.17, 15) is 27.9 Å². The van der Waals surface area contributed by atoms with Crippen molar-refractivity contribution in [2.24, 2.45) is 23.7 Å². The first kappa shape index (κ1) is 36.2. The number of carbonyl (C=O) groups excluding carboxylic acids is 4. The number of alkyl halides is 3. The van der Waals surface area contributed by atoms with Gasteiger partial charge in [0.2, 0.25) is 0 Å². The van der Waals surface area contributed by atoms with Crippen molar-refractivity contribution in [3.8, 4) is 11.5 Å². The number of anilines is 1. The molecule has 0 radical (unpaired) electrons. The molecule has 1 saturated heterocycles. The molecule has 9 nitrogen and oxygen atoms in total. The lowest BCUT2D eigenvalue weighted by Gasteiger charge is -2.55. The number of nitrogens with zero attached hydrogens (tertiary/aromatic N) is 3. The number of hydrazine groups is 1. The van der Waals surface area contributed by atoms with E-state index in [1.54, 1.807) is 72.8 Å². The number of aromatic nitrogens is 1. The van der Waals surface area contributed by atoms with Crippen molar-refractivity contribution in [2.75, 3.05) is 19.2 Å². The van der Waals surface area contributed by atoms with Gasteiger partial charge in [0.1, 0.15) is 17.2 Å². The fourth-order valence-electron chi connectivity index (χ4n) is 9.38. The number of amides is 2. The van der Waals surface area contributed by atoms with Gasteiger partial charge in [0.15, 0.2) is 17.4 Å². The van der Waals surface area contributed by atoms with E-state index >= 15 is 9.59 Å². The zero-order valence-corrected chi connectivity index (χ0v) is 30.2. The number of phenols is 1. The second kappa shape index (κ2) is 13.2. The Hall–Kier alpha value is -5.75. The van der Waals surface area contributed by atoms with Crippen LogP contribution in [0.5, 0.6) is 11.5 Å². The van der Waals surface area contributed by atoms with E-state index in [0.29, 0.717) is 22.8 Å². The largest absolute Gasteiger partial charge is 0.508 e. The number of hydrogen-bond donors (Lipinski definition) is 1. The number of fused-ring (bicyclic) bond motifs is 4. The van der Waals surface area contributed by atoms with E-state index in [1.807, 2.05) is 6.08 Å². The summed E-state index contributed by atoms with van der Waals surface area (Å²) in [5.41, 5.74) is -0.797. The molecule has 2 amide bonds. The van der Waals surface area contributed by atoms with Crippen LogP contribution in [-0.4, -0.2) is 52.6 Å². The molecular weight excluding hydrogens is 735 g/mol. The first-order valence-corrected chi connectivity index (χ1v) is 18.0. The van der Waals surface area contributed by atoms with Crippen molar-refractivity contribution >= 4 is 46.4 Å². The number of halogens is 4. The molecule has 280 valence electrons. The number of imide groups is 1. The lowest BCUT2D eigenvalue weighted by molar-refractivity contribution is -0.141. The van der Waals surface area contributed by atoms with Gasteiger partial charge in [-0.05, 0) is 60.2 Å². The molecule has 1 aromatic heterocycles. The molecule has 0 bridgehead atoms. The molecule has 1 N–H and O–H groups in total. The minimum absolute atomic E-state index is 0.0256. The van der Waals surface area contributed by atoms with Gasteiger partial charge in [-0.25, -0.2) is 4.98 Å². The van der Waals surface area contributed by atoms with Crippen LogP contribution in [0, 0.1) is 23.7 Å². The Morgan fingerprint density at radius 2 is 1.60 bits per heavy atom. The van der Waals surface area contributed by atoms with Crippen LogP contribution in [0.3, 0.4) is 0 Å². The van der Waals surface area contributed by atoms with Crippen LogP contribution in [-0.2, 0) is 30.8 Å². The standard InChI is InChI=1S/C42H33ClF3N3O6/c1-48(38-29(43)18-19-32(47-38)42(44,45)46)49-39(53)25-17-16-24-27(34(25)40(49)54)20-28-37(52)26(22-10-5-3-6-11-22)21-33(51)41(28,23-12-7-4-8-13-23)36(24)35-30(50)14-9-15-31(35)55-2/h3-16,18-19,21,25,27-28,34,36,50H,17,20H2,1-2H3. The number of benzene rings is 3. The van der Waals surface area contributed by atoms with Gasteiger partial charge in [0.05, 0.1) is 29.4 Å². The maximum Gasteiger partial charge on any atom is 0.433 e. The van der Waals surface area contributed by atoms with Crippen molar-refractivity contribution in [1.82, 2.24) is 9.99 Å². The number of rotatable bonds is 6. The van der Waals surface area contributed by atoms with Crippen molar-refractivity contribution in [1.29, 1.82) is 0 Å². The van der Waals surface area contributed by atoms with Gasteiger partial charge in [0.25, 0.3) is 11.8 Å². The summed E-state index contributed by atoms with van der Waals surface area (Å²) in [5, 5.41) is 13.2. The second-order valence-corrected chi connectivity index (χ2v) is 14.6. The number of carbonyl (C=O) groups is 4. The molecule has 2 heterocycles. The molecule has 4 aliphatic rings. The van der Waals surface area contributed by atoms with Gasteiger partial charge in [-0.2, -0.15) is 18.2 Å². The minimum atomic E-state index is -4.82. The summed E-state index contributed by atoms with van der Waals surface area (Å²) >= 11 is 6.31. The number of ether oxygens (including phenoxy) is 1. The van der Waals surface area contributed by atoms with Gasteiger partial charge < -0.3 is 9.84 Å². The van der Waals surface area contributed by atoms with Crippen LogP contribution in [0.25, 0.3) is 5.57 Å². The number of ketones is 2.